The van der Waals surface area contributed by atoms with E-state index in [9.17, 15) is 9.59 Å². The Morgan fingerprint density at radius 3 is 2.67 bits per heavy atom. The minimum Gasteiger partial charge on any atom is -0.360 e. The molecule has 0 unspecified atom stereocenters. The van der Waals surface area contributed by atoms with Gasteiger partial charge in [-0.2, -0.15) is 0 Å². The number of para-hydroxylation sites is 1. The van der Waals surface area contributed by atoms with Crippen LogP contribution in [-0.2, 0) is 4.79 Å². The van der Waals surface area contributed by atoms with E-state index >= 15 is 0 Å². The highest BCUT2D eigenvalue weighted by Crippen LogP contribution is 2.18. The fraction of sp³-hybridized carbons (Fsp3) is 0.412. The van der Waals surface area contributed by atoms with Crippen molar-refractivity contribution in [2.24, 2.45) is 0 Å². The summed E-state index contributed by atoms with van der Waals surface area (Å²) >= 11 is 0. The summed E-state index contributed by atoms with van der Waals surface area (Å²) in [6, 6.07) is 7.48. The van der Waals surface area contributed by atoms with Crippen molar-refractivity contribution in [1.82, 2.24) is 10.3 Å². The van der Waals surface area contributed by atoms with Gasteiger partial charge in [0.1, 0.15) is 0 Å². The van der Waals surface area contributed by atoms with Gasteiger partial charge in [0.25, 0.3) is 11.7 Å². The summed E-state index contributed by atoms with van der Waals surface area (Å²) in [7, 11) is 0. The number of Topliss-reactive ketones (excluding diaryl/α,β-unsaturated/α-hetero) is 1. The third-order valence-electron chi connectivity index (χ3n) is 3.61. The number of benzene rings is 1. The van der Waals surface area contributed by atoms with Crippen molar-refractivity contribution in [2.45, 2.75) is 39.0 Å². The van der Waals surface area contributed by atoms with Gasteiger partial charge in [-0.3, -0.25) is 9.59 Å². The lowest BCUT2D eigenvalue weighted by Crippen LogP contribution is -2.31. The summed E-state index contributed by atoms with van der Waals surface area (Å²) in [6.45, 7) is 2.73. The SMILES string of the molecule is CCCCCCCNC(=O)C(=O)c1c[nH]c2ccccc12. The second-order valence-electron chi connectivity index (χ2n) is 5.25. The summed E-state index contributed by atoms with van der Waals surface area (Å²) in [5.41, 5.74) is 1.31. The van der Waals surface area contributed by atoms with Crippen LogP contribution in [0.5, 0.6) is 0 Å². The van der Waals surface area contributed by atoms with Gasteiger partial charge >= 0.3 is 0 Å². The number of hydrogen-bond donors (Lipinski definition) is 2. The van der Waals surface area contributed by atoms with Crippen LogP contribution < -0.4 is 5.32 Å². The Morgan fingerprint density at radius 2 is 1.86 bits per heavy atom. The van der Waals surface area contributed by atoms with E-state index in [2.05, 4.69) is 17.2 Å². The van der Waals surface area contributed by atoms with E-state index in [4.69, 9.17) is 0 Å². The number of carbonyl (C=O) groups excluding carboxylic acids is 2. The molecule has 0 atom stereocenters. The van der Waals surface area contributed by atoms with E-state index in [1.807, 2.05) is 24.3 Å². The summed E-state index contributed by atoms with van der Waals surface area (Å²) in [4.78, 5) is 27.1. The van der Waals surface area contributed by atoms with Gasteiger partial charge in [0, 0.05) is 23.6 Å². The van der Waals surface area contributed by atoms with Crippen molar-refractivity contribution in [3.05, 3.63) is 36.0 Å². The molecule has 2 rings (SSSR count). The molecule has 0 bridgehead atoms. The first-order valence-electron chi connectivity index (χ1n) is 7.62. The number of ketones is 1. The highest BCUT2D eigenvalue weighted by molar-refractivity contribution is 6.44. The molecule has 0 radical (unpaired) electrons. The first-order chi connectivity index (χ1) is 10.2. The summed E-state index contributed by atoms with van der Waals surface area (Å²) in [5, 5.41) is 3.50. The maximum absolute atomic E-state index is 12.2. The van der Waals surface area contributed by atoms with Crippen molar-refractivity contribution < 1.29 is 9.59 Å². The van der Waals surface area contributed by atoms with Crippen LogP contribution in [0.2, 0.25) is 0 Å². The molecule has 0 aliphatic heterocycles. The van der Waals surface area contributed by atoms with Crippen molar-refractivity contribution in [2.75, 3.05) is 6.54 Å². The lowest BCUT2D eigenvalue weighted by Gasteiger charge is -2.04. The van der Waals surface area contributed by atoms with Gasteiger partial charge in [-0.05, 0) is 12.5 Å². The molecule has 1 aromatic heterocycles. The zero-order valence-corrected chi connectivity index (χ0v) is 12.4. The average Bonchev–Trinajstić information content (AvgIpc) is 2.93. The van der Waals surface area contributed by atoms with Gasteiger partial charge in [0.15, 0.2) is 0 Å². The zero-order valence-electron chi connectivity index (χ0n) is 12.4. The predicted molar refractivity (Wildman–Crippen MR) is 84.4 cm³/mol. The molecule has 21 heavy (non-hydrogen) atoms. The molecule has 1 aromatic carbocycles. The number of carbonyl (C=O) groups is 2. The zero-order chi connectivity index (χ0) is 15.1. The minimum atomic E-state index is -0.518. The van der Waals surface area contributed by atoms with Gasteiger partial charge < -0.3 is 10.3 Å². The summed E-state index contributed by atoms with van der Waals surface area (Å²) < 4.78 is 0. The largest absolute Gasteiger partial charge is 0.360 e. The van der Waals surface area contributed by atoms with Crippen LogP contribution in [-0.4, -0.2) is 23.2 Å². The van der Waals surface area contributed by atoms with E-state index in [-0.39, 0.29) is 0 Å². The fourth-order valence-corrected chi connectivity index (χ4v) is 2.39. The Bertz CT molecular complexity index is 616. The maximum atomic E-state index is 12.2. The van der Waals surface area contributed by atoms with Crippen LogP contribution in [0.4, 0.5) is 0 Å². The number of H-pyrrole nitrogens is 1. The second kappa shape index (κ2) is 7.62. The normalized spacial score (nSPS) is 10.7. The van der Waals surface area contributed by atoms with Crippen LogP contribution in [0, 0.1) is 0 Å². The number of hydrogen-bond acceptors (Lipinski definition) is 2. The van der Waals surface area contributed by atoms with E-state index in [0.717, 1.165) is 23.7 Å². The highest BCUT2D eigenvalue weighted by atomic mass is 16.2. The molecule has 0 saturated carbocycles. The first-order valence-corrected chi connectivity index (χ1v) is 7.62. The van der Waals surface area contributed by atoms with Crippen LogP contribution in [0.15, 0.2) is 30.5 Å². The Labute approximate surface area is 124 Å². The first kappa shape index (κ1) is 15.3. The maximum Gasteiger partial charge on any atom is 0.292 e. The molecule has 4 nitrogen and oxygen atoms in total. The number of amides is 1. The Kier molecular flexibility index (Phi) is 5.55. The van der Waals surface area contributed by atoms with Crippen molar-refractivity contribution in [3.63, 3.8) is 0 Å². The fourth-order valence-electron chi connectivity index (χ4n) is 2.39. The molecule has 0 saturated heterocycles. The van der Waals surface area contributed by atoms with Gasteiger partial charge in [0.2, 0.25) is 0 Å². The van der Waals surface area contributed by atoms with Crippen LogP contribution in [0.3, 0.4) is 0 Å². The molecular formula is C17H22N2O2. The van der Waals surface area contributed by atoms with Crippen molar-refractivity contribution >= 4 is 22.6 Å². The number of unbranched alkanes of at least 4 members (excludes halogenated alkanes) is 4. The molecule has 0 spiro atoms. The third-order valence-corrected chi connectivity index (χ3v) is 3.61. The number of nitrogens with one attached hydrogen (secondary N) is 2. The topological polar surface area (TPSA) is 62.0 Å². The molecule has 1 amide bonds. The molecule has 0 fully saturated rings. The smallest absolute Gasteiger partial charge is 0.292 e. The molecule has 0 aliphatic carbocycles. The van der Waals surface area contributed by atoms with E-state index in [0.29, 0.717) is 12.1 Å². The molecule has 2 aromatic rings. The molecule has 2 N–H and O–H groups in total. The van der Waals surface area contributed by atoms with Crippen LogP contribution in [0.1, 0.15) is 49.4 Å². The van der Waals surface area contributed by atoms with Gasteiger partial charge in [0.05, 0.1) is 5.56 Å². The number of aromatic amines is 1. The molecule has 112 valence electrons. The van der Waals surface area contributed by atoms with Crippen LogP contribution in [0.25, 0.3) is 10.9 Å². The van der Waals surface area contributed by atoms with E-state index in [1.165, 1.54) is 19.3 Å². The van der Waals surface area contributed by atoms with E-state index < -0.39 is 11.7 Å². The summed E-state index contributed by atoms with van der Waals surface area (Å²) in [5.74, 6) is -0.990. The predicted octanol–water partition coefficient (Wildman–Crippen LogP) is 3.44. The van der Waals surface area contributed by atoms with Gasteiger partial charge in [-0.25, -0.2) is 0 Å². The van der Waals surface area contributed by atoms with Gasteiger partial charge in [-0.1, -0.05) is 50.8 Å². The standard InChI is InChI=1S/C17H22N2O2/c1-2-3-4-5-8-11-18-17(21)16(20)14-12-19-15-10-7-6-9-13(14)15/h6-7,9-10,12,19H,2-5,8,11H2,1H3,(H,18,21). The number of rotatable bonds is 8. The number of aromatic nitrogens is 1. The Hall–Kier alpha value is -2.10. The molecule has 0 aliphatic rings. The third kappa shape index (κ3) is 3.94. The average molecular weight is 286 g/mol. The molecule has 1 heterocycles. The van der Waals surface area contributed by atoms with E-state index in [1.54, 1.807) is 6.20 Å². The number of fused-ring (bicyclic) bond motifs is 1. The monoisotopic (exact) mass is 286 g/mol. The van der Waals surface area contributed by atoms with Crippen molar-refractivity contribution in [1.29, 1.82) is 0 Å². The molecule has 4 heteroatoms. The molecular weight excluding hydrogens is 264 g/mol. The van der Waals surface area contributed by atoms with Crippen LogP contribution >= 0.6 is 0 Å². The minimum absolute atomic E-state index is 0.439. The lowest BCUT2D eigenvalue weighted by molar-refractivity contribution is -0.117. The lowest BCUT2D eigenvalue weighted by atomic mass is 10.1. The highest BCUT2D eigenvalue weighted by Gasteiger charge is 2.18. The Balaban J connectivity index is 1.86. The second-order valence-corrected chi connectivity index (χ2v) is 5.25. The van der Waals surface area contributed by atoms with Gasteiger partial charge in [-0.15, -0.1) is 0 Å². The Morgan fingerprint density at radius 1 is 1.10 bits per heavy atom. The van der Waals surface area contributed by atoms with Crippen molar-refractivity contribution in [3.8, 4) is 0 Å². The quantitative estimate of drug-likeness (QED) is 0.443. The summed E-state index contributed by atoms with van der Waals surface area (Å²) in [6.07, 6.45) is 7.23.